The minimum absolute atomic E-state index is 0.0145. The number of hydrogen-bond donors (Lipinski definition) is 0. The summed E-state index contributed by atoms with van der Waals surface area (Å²) in [5.41, 5.74) is 0.585. The van der Waals surface area contributed by atoms with Crippen LogP contribution in [0.3, 0.4) is 0 Å². The van der Waals surface area contributed by atoms with Crippen molar-refractivity contribution in [1.29, 1.82) is 0 Å². The number of carbonyl (C=O) groups excluding carboxylic acids is 2. The molecule has 2 atom stereocenters. The lowest BCUT2D eigenvalue weighted by Gasteiger charge is -2.44. The summed E-state index contributed by atoms with van der Waals surface area (Å²) in [6.07, 6.45) is 3.03. The molecule has 1 aromatic carbocycles. The van der Waals surface area contributed by atoms with Crippen LogP contribution in [0.2, 0.25) is 0 Å². The number of carbonyl (C=O) groups is 2. The quantitative estimate of drug-likeness (QED) is 0.305. The SMILES string of the molecule is BN1CC(N(C(=O)c2ccc(OC)c(OCCCOC)c2)C(C)C)CC[C@H]1CC(=O)N(CC)C(C)C. The van der Waals surface area contributed by atoms with Gasteiger partial charge in [-0.05, 0) is 65.7 Å². The lowest BCUT2D eigenvalue weighted by molar-refractivity contribution is -0.134. The molecule has 2 amide bonds. The van der Waals surface area contributed by atoms with Gasteiger partial charge in [-0.3, -0.25) is 9.59 Å². The third-order valence-corrected chi connectivity index (χ3v) is 7.00. The van der Waals surface area contributed by atoms with Crippen molar-refractivity contribution in [3.8, 4) is 11.5 Å². The zero-order valence-corrected chi connectivity index (χ0v) is 23.6. The highest BCUT2D eigenvalue weighted by Crippen LogP contribution is 2.31. The molecule has 1 aliphatic heterocycles. The van der Waals surface area contributed by atoms with Crippen molar-refractivity contribution in [1.82, 2.24) is 14.6 Å². The monoisotopic (exact) mass is 503 g/mol. The summed E-state index contributed by atoms with van der Waals surface area (Å²) in [5.74, 6) is 1.36. The normalized spacial score (nSPS) is 18.4. The fourth-order valence-corrected chi connectivity index (χ4v) is 5.09. The number of hydrogen-bond acceptors (Lipinski definition) is 6. The molecule has 36 heavy (non-hydrogen) atoms. The van der Waals surface area contributed by atoms with Crippen LogP contribution >= 0.6 is 0 Å². The summed E-state index contributed by atoms with van der Waals surface area (Å²) in [5, 5.41) is 0. The smallest absolute Gasteiger partial charge is 0.254 e. The highest BCUT2D eigenvalue weighted by atomic mass is 16.5. The van der Waals surface area contributed by atoms with Crippen molar-refractivity contribution in [2.24, 2.45) is 0 Å². The van der Waals surface area contributed by atoms with E-state index in [9.17, 15) is 9.59 Å². The summed E-state index contributed by atoms with van der Waals surface area (Å²) >= 11 is 0. The van der Waals surface area contributed by atoms with E-state index in [0.29, 0.717) is 36.7 Å². The molecule has 1 fully saturated rings. The zero-order chi connectivity index (χ0) is 26.8. The highest BCUT2D eigenvalue weighted by molar-refractivity contribution is 6.05. The Balaban J connectivity index is 2.12. The van der Waals surface area contributed by atoms with Crippen molar-refractivity contribution in [2.75, 3.05) is 40.5 Å². The minimum Gasteiger partial charge on any atom is -0.493 e. The Morgan fingerprint density at radius 2 is 1.81 bits per heavy atom. The second kappa shape index (κ2) is 14.5. The van der Waals surface area contributed by atoms with Crippen molar-refractivity contribution >= 4 is 19.8 Å². The Bertz CT molecular complexity index is 851. The first-order chi connectivity index (χ1) is 17.1. The molecule has 0 spiro atoms. The topological polar surface area (TPSA) is 71.5 Å². The van der Waals surface area contributed by atoms with Gasteiger partial charge in [0.2, 0.25) is 5.91 Å². The molecule has 0 aliphatic carbocycles. The maximum atomic E-state index is 13.7. The summed E-state index contributed by atoms with van der Waals surface area (Å²) in [7, 11) is 5.33. The van der Waals surface area contributed by atoms with Crippen LogP contribution in [0.5, 0.6) is 11.5 Å². The second-order valence-electron chi connectivity index (χ2n) is 10.2. The molecule has 0 aromatic heterocycles. The number of ether oxygens (including phenoxy) is 3. The van der Waals surface area contributed by atoms with Gasteiger partial charge >= 0.3 is 0 Å². The number of rotatable bonds is 13. The van der Waals surface area contributed by atoms with Crippen LogP contribution in [-0.4, -0.2) is 99.1 Å². The van der Waals surface area contributed by atoms with Crippen LogP contribution < -0.4 is 9.47 Å². The van der Waals surface area contributed by atoms with Crippen LogP contribution in [-0.2, 0) is 9.53 Å². The van der Waals surface area contributed by atoms with E-state index in [4.69, 9.17) is 14.2 Å². The highest BCUT2D eigenvalue weighted by Gasteiger charge is 2.35. The maximum absolute atomic E-state index is 13.7. The molecule has 0 N–H and O–H groups in total. The van der Waals surface area contributed by atoms with Gasteiger partial charge in [0.1, 0.15) is 0 Å². The van der Waals surface area contributed by atoms with Crippen molar-refractivity contribution in [3.05, 3.63) is 23.8 Å². The third-order valence-electron chi connectivity index (χ3n) is 7.00. The van der Waals surface area contributed by atoms with Gasteiger partial charge in [0.05, 0.1) is 13.7 Å². The molecule has 0 radical (unpaired) electrons. The standard InChI is InChI=1S/C27H46BN3O5/c1-8-29(19(2)3)26(32)17-22-11-12-23(18-30(22)28)31(20(4)5)27(33)21-10-13-24(35-7)25(16-21)36-15-9-14-34-6/h10,13,16,19-20,22-23H,8-9,11-12,14-15,17-18,28H2,1-7H3/t22-,23?/m0/s1. The van der Waals surface area contributed by atoms with Crippen LogP contribution in [0.1, 0.15) is 70.7 Å². The molecule has 1 saturated heterocycles. The lowest BCUT2D eigenvalue weighted by atomic mass is 9.90. The fraction of sp³-hybridized carbons (Fsp3) is 0.704. The number of piperidine rings is 1. The van der Waals surface area contributed by atoms with Gasteiger partial charge in [-0.25, -0.2) is 0 Å². The van der Waals surface area contributed by atoms with E-state index in [1.165, 1.54) is 0 Å². The molecule has 1 unspecified atom stereocenters. The van der Waals surface area contributed by atoms with Gasteiger partial charge in [0.15, 0.2) is 19.5 Å². The molecule has 202 valence electrons. The molecule has 1 aliphatic rings. The molecule has 2 rings (SSSR count). The van der Waals surface area contributed by atoms with E-state index >= 15 is 0 Å². The number of benzene rings is 1. The second-order valence-corrected chi connectivity index (χ2v) is 10.2. The number of methoxy groups -OCH3 is 2. The molecular formula is C27H46BN3O5. The zero-order valence-electron chi connectivity index (χ0n) is 23.6. The Hall–Kier alpha value is -2.26. The molecule has 1 aromatic rings. The Kier molecular flexibility index (Phi) is 12.1. The largest absolute Gasteiger partial charge is 0.493 e. The van der Waals surface area contributed by atoms with E-state index < -0.39 is 0 Å². The first kappa shape index (κ1) is 30.0. The van der Waals surface area contributed by atoms with Gasteiger partial charge in [-0.15, -0.1) is 0 Å². The van der Waals surface area contributed by atoms with Crippen LogP contribution in [0, 0.1) is 0 Å². The average Bonchev–Trinajstić information content (AvgIpc) is 2.83. The van der Waals surface area contributed by atoms with Gasteiger partial charge < -0.3 is 28.8 Å². The van der Waals surface area contributed by atoms with E-state index in [1.807, 2.05) is 16.7 Å². The third kappa shape index (κ3) is 7.87. The van der Waals surface area contributed by atoms with Gasteiger partial charge in [-0.1, -0.05) is 0 Å². The predicted octanol–water partition coefficient (Wildman–Crippen LogP) is 2.99. The molecule has 9 heteroatoms. The van der Waals surface area contributed by atoms with Gasteiger partial charge in [0, 0.05) is 69.4 Å². The van der Waals surface area contributed by atoms with Gasteiger partial charge in [0.25, 0.3) is 5.91 Å². The van der Waals surface area contributed by atoms with E-state index in [-0.39, 0.29) is 36.0 Å². The van der Waals surface area contributed by atoms with Crippen molar-refractivity contribution in [3.63, 3.8) is 0 Å². The summed E-state index contributed by atoms with van der Waals surface area (Å²) in [6.45, 7) is 12.8. The van der Waals surface area contributed by atoms with E-state index in [0.717, 1.165) is 32.4 Å². The fourth-order valence-electron chi connectivity index (χ4n) is 5.09. The van der Waals surface area contributed by atoms with Crippen molar-refractivity contribution < 1.29 is 23.8 Å². The molecule has 0 bridgehead atoms. The molecule has 1 heterocycles. The Morgan fingerprint density at radius 3 is 2.36 bits per heavy atom. The van der Waals surface area contributed by atoms with E-state index in [1.54, 1.807) is 32.4 Å². The molecule has 8 nitrogen and oxygen atoms in total. The summed E-state index contributed by atoms with van der Waals surface area (Å²) in [4.78, 5) is 32.7. The maximum Gasteiger partial charge on any atom is 0.254 e. The van der Waals surface area contributed by atoms with Crippen LogP contribution in [0.25, 0.3) is 0 Å². The number of nitrogens with zero attached hydrogens (tertiary/aromatic N) is 3. The van der Waals surface area contributed by atoms with E-state index in [2.05, 4.69) is 40.5 Å². The Labute approximate surface area is 218 Å². The summed E-state index contributed by atoms with van der Waals surface area (Å²) in [6, 6.07) is 5.89. The Morgan fingerprint density at radius 1 is 1.08 bits per heavy atom. The number of amides is 2. The predicted molar refractivity (Wildman–Crippen MR) is 145 cm³/mol. The van der Waals surface area contributed by atoms with Crippen LogP contribution in [0.4, 0.5) is 0 Å². The first-order valence-corrected chi connectivity index (χ1v) is 13.3. The lowest BCUT2D eigenvalue weighted by Crippen LogP contribution is -2.55. The molecular weight excluding hydrogens is 457 g/mol. The van der Waals surface area contributed by atoms with Crippen LogP contribution in [0.15, 0.2) is 18.2 Å². The molecule has 0 saturated carbocycles. The average molecular weight is 503 g/mol. The summed E-state index contributed by atoms with van der Waals surface area (Å²) < 4.78 is 16.4. The van der Waals surface area contributed by atoms with Crippen molar-refractivity contribution in [2.45, 2.75) is 84.5 Å². The van der Waals surface area contributed by atoms with Gasteiger partial charge in [-0.2, -0.15) is 0 Å². The minimum atomic E-state index is -0.0145. The first-order valence-electron chi connectivity index (χ1n) is 13.3.